The Balaban J connectivity index is 2.22. The van der Waals surface area contributed by atoms with Crippen LogP contribution in [0.5, 0.6) is 5.75 Å². The molecule has 0 aliphatic heterocycles. The summed E-state index contributed by atoms with van der Waals surface area (Å²) >= 11 is 0. The Hall–Kier alpha value is -2.64. The van der Waals surface area contributed by atoms with Crippen LogP contribution < -0.4 is 4.74 Å². The molecular formula is C16H19NO7. The van der Waals surface area contributed by atoms with Crippen molar-refractivity contribution in [2.45, 2.75) is 45.1 Å². The van der Waals surface area contributed by atoms with Crippen molar-refractivity contribution in [3.63, 3.8) is 0 Å². The summed E-state index contributed by atoms with van der Waals surface area (Å²) in [7, 11) is 0. The SMILES string of the molecule is CC(C)C1(OC(=O)Oc2cc(C(=O)O)ccc2[N+](=O)[O-])CCCC1. The van der Waals surface area contributed by atoms with Gasteiger partial charge in [0.1, 0.15) is 5.60 Å². The topological polar surface area (TPSA) is 116 Å². The van der Waals surface area contributed by atoms with Crippen molar-refractivity contribution in [2.75, 3.05) is 0 Å². The van der Waals surface area contributed by atoms with Crippen molar-refractivity contribution < 1.29 is 29.1 Å². The van der Waals surface area contributed by atoms with E-state index in [9.17, 15) is 19.7 Å². The van der Waals surface area contributed by atoms with Crippen LogP contribution in [-0.2, 0) is 4.74 Å². The summed E-state index contributed by atoms with van der Waals surface area (Å²) in [6.07, 6.45) is 2.21. The first-order chi connectivity index (χ1) is 11.2. The highest BCUT2D eigenvalue weighted by molar-refractivity contribution is 5.89. The van der Waals surface area contributed by atoms with Crippen LogP contribution in [0.4, 0.5) is 10.5 Å². The minimum absolute atomic E-state index is 0.0767. The Bertz CT molecular complexity index is 662. The molecule has 0 unspecified atom stereocenters. The number of benzene rings is 1. The first-order valence-electron chi connectivity index (χ1n) is 7.68. The lowest BCUT2D eigenvalue weighted by molar-refractivity contribution is -0.385. The molecule has 0 aromatic heterocycles. The number of rotatable bonds is 5. The molecule has 1 N–H and O–H groups in total. The van der Waals surface area contributed by atoms with Gasteiger partial charge in [0.05, 0.1) is 10.5 Å². The third-order valence-electron chi connectivity index (χ3n) is 4.39. The van der Waals surface area contributed by atoms with Gasteiger partial charge in [0.15, 0.2) is 0 Å². The van der Waals surface area contributed by atoms with E-state index in [1.807, 2.05) is 13.8 Å². The van der Waals surface area contributed by atoms with Gasteiger partial charge in [-0.15, -0.1) is 0 Å². The summed E-state index contributed by atoms with van der Waals surface area (Å²) in [5.74, 6) is -1.65. The first kappa shape index (κ1) is 17.7. The van der Waals surface area contributed by atoms with Gasteiger partial charge >= 0.3 is 17.8 Å². The number of hydrogen-bond acceptors (Lipinski definition) is 6. The minimum Gasteiger partial charge on any atom is -0.478 e. The average molecular weight is 337 g/mol. The molecule has 1 fully saturated rings. The summed E-state index contributed by atoms with van der Waals surface area (Å²) in [5.41, 5.74) is -1.36. The quantitative estimate of drug-likeness (QED) is 0.376. The van der Waals surface area contributed by atoms with E-state index < -0.39 is 34.1 Å². The van der Waals surface area contributed by atoms with Crippen LogP contribution in [-0.4, -0.2) is 27.8 Å². The van der Waals surface area contributed by atoms with Crippen LogP contribution in [0.15, 0.2) is 18.2 Å². The molecule has 0 bridgehead atoms. The molecule has 1 aliphatic carbocycles. The number of carboxylic acid groups (broad SMARTS) is 1. The normalized spacial score (nSPS) is 16.0. The number of carbonyl (C=O) groups is 2. The second-order valence-corrected chi connectivity index (χ2v) is 6.13. The van der Waals surface area contributed by atoms with Gasteiger partial charge in [-0.25, -0.2) is 9.59 Å². The number of nitro groups is 1. The maximum absolute atomic E-state index is 12.1. The van der Waals surface area contributed by atoms with Crippen molar-refractivity contribution >= 4 is 17.8 Å². The van der Waals surface area contributed by atoms with Crippen molar-refractivity contribution in [1.82, 2.24) is 0 Å². The fourth-order valence-corrected chi connectivity index (χ4v) is 2.93. The molecule has 0 spiro atoms. The van der Waals surface area contributed by atoms with Gasteiger partial charge in [0.25, 0.3) is 0 Å². The van der Waals surface area contributed by atoms with E-state index in [4.69, 9.17) is 14.6 Å². The predicted molar refractivity (Wildman–Crippen MR) is 83.2 cm³/mol. The monoisotopic (exact) mass is 337 g/mol. The molecule has 0 amide bonds. The van der Waals surface area contributed by atoms with Crippen LogP contribution >= 0.6 is 0 Å². The van der Waals surface area contributed by atoms with Gasteiger partial charge in [-0.05, 0) is 37.7 Å². The fraction of sp³-hybridized carbons (Fsp3) is 0.500. The van der Waals surface area contributed by atoms with Crippen LogP contribution in [0.3, 0.4) is 0 Å². The van der Waals surface area contributed by atoms with Crippen molar-refractivity contribution in [3.05, 3.63) is 33.9 Å². The van der Waals surface area contributed by atoms with Gasteiger partial charge in [-0.1, -0.05) is 13.8 Å². The van der Waals surface area contributed by atoms with E-state index in [1.165, 1.54) is 0 Å². The molecule has 0 heterocycles. The van der Waals surface area contributed by atoms with Crippen LogP contribution in [0, 0.1) is 16.0 Å². The summed E-state index contributed by atoms with van der Waals surface area (Å²) in [6.45, 7) is 3.87. The van der Waals surface area contributed by atoms with Gasteiger partial charge in [-0.3, -0.25) is 10.1 Å². The standard InChI is InChI=1S/C16H19NO7/c1-10(2)16(7-3-4-8-16)24-15(20)23-13-9-11(14(18)19)5-6-12(13)17(21)22/h5-6,9-10H,3-4,7-8H2,1-2H3,(H,18,19). The Labute approximate surface area is 138 Å². The number of aromatic carboxylic acids is 1. The van der Waals surface area contributed by atoms with Gasteiger partial charge in [-0.2, -0.15) is 0 Å². The smallest absolute Gasteiger partial charge is 0.478 e. The summed E-state index contributed by atoms with van der Waals surface area (Å²) in [6, 6.07) is 3.00. The predicted octanol–water partition coefficient (Wildman–Crippen LogP) is 3.78. The second-order valence-electron chi connectivity index (χ2n) is 6.13. The second kappa shape index (κ2) is 6.86. The van der Waals surface area contributed by atoms with E-state index in [2.05, 4.69) is 0 Å². The van der Waals surface area contributed by atoms with Crippen molar-refractivity contribution in [2.24, 2.45) is 5.92 Å². The highest BCUT2D eigenvalue weighted by atomic mass is 16.7. The van der Waals surface area contributed by atoms with Gasteiger partial charge < -0.3 is 14.6 Å². The van der Waals surface area contributed by atoms with E-state index in [0.29, 0.717) is 12.8 Å². The number of ether oxygens (including phenoxy) is 2. The van der Waals surface area contributed by atoms with E-state index >= 15 is 0 Å². The van der Waals surface area contributed by atoms with Crippen molar-refractivity contribution in [1.29, 1.82) is 0 Å². The molecule has 8 heteroatoms. The highest BCUT2D eigenvalue weighted by Crippen LogP contribution is 2.40. The van der Waals surface area contributed by atoms with Crippen LogP contribution in [0.25, 0.3) is 0 Å². The number of hydrogen-bond donors (Lipinski definition) is 1. The molecule has 130 valence electrons. The zero-order valence-electron chi connectivity index (χ0n) is 13.5. The zero-order valence-corrected chi connectivity index (χ0v) is 13.5. The Morgan fingerprint density at radius 1 is 1.29 bits per heavy atom. The minimum atomic E-state index is -1.28. The summed E-state index contributed by atoms with van der Waals surface area (Å²) in [4.78, 5) is 33.4. The maximum Gasteiger partial charge on any atom is 0.514 e. The lowest BCUT2D eigenvalue weighted by Crippen LogP contribution is -2.38. The van der Waals surface area contributed by atoms with Gasteiger partial charge in [0.2, 0.25) is 5.75 Å². The molecule has 1 aromatic rings. The molecule has 8 nitrogen and oxygen atoms in total. The Morgan fingerprint density at radius 2 is 1.92 bits per heavy atom. The fourth-order valence-electron chi connectivity index (χ4n) is 2.93. The van der Waals surface area contributed by atoms with E-state index in [-0.39, 0.29) is 11.5 Å². The average Bonchev–Trinajstić information content (AvgIpc) is 2.96. The zero-order chi connectivity index (χ0) is 17.9. The highest BCUT2D eigenvalue weighted by Gasteiger charge is 2.41. The Kier molecular flexibility index (Phi) is 5.06. The van der Waals surface area contributed by atoms with Crippen molar-refractivity contribution in [3.8, 4) is 5.75 Å². The van der Waals surface area contributed by atoms with Crippen LogP contribution in [0.2, 0.25) is 0 Å². The molecule has 0 atom stereocenters. The molecule has 0 saturated heterocycles. The molecule has 2 rings (SSSR count). The Morgan fingerprint density at radius 3 is 2.42 bits per heavy atom. The van der Waals surface area contributed by atoms with Gasteiger partial charge in [0, 0.05) is 12.1 Å². The molecule has 1 saturated carbocycles. The summed E-state index contributed by atoms with van der Waals surface area (Å²) in [5, 5.41) is 20.0. The summed E-state index contributed by atoms with van der Waals surface area (Å²) < 4.78 is 10.4. The number of nitro benzene ring substituents is 1. The van der Waals surface area contributed by atoms with E-state index in [1.54, 1.807) is 0 Å². The number of nitrogens with zero attached hydrogens (tertiary/aromatic N) is 1. The lowest BCUT2D eigenvalue weighted by atomic mass is 9.88. The number of carbonyl (C=O) groups excluding carboxylic acids is 1. The third kappa shape index (κ3) is 3.64. The largest absolute Gasteiger partial charge is 0.514 e. The maximum atomic E-state index is 12.1. The molecule has 1 aliphatic rings. The molecule has 0 radical (unpaired) electrons. The molecule has 1 aromatic carbocycles. The van der Waals surface area contributed by atoms with E-state index in [0.717, 1.165) is 31.0 Å². The third-order valence-corrected chi connectivity index (χ3v) is 4.39. The first-order valence-corrected chi connectivity index (χ1v) is 7.68. The molecular weight excluding hydrogens is 318 g/mol. The lowest BCUT2D eigenvalue weighted by Gasteiger charge is -2.32. The number of carboxylic acids is 1. The van der Waals surface area contributed by atoms with Crippen LogP contribution in [0.1, 0.15) is 49.9 Å². The molecule has 24 heavy (non-hydrogen) atoms.